The van der Waals surface area contributed by atoms with E-state index in [0.717, 1.165) is 37.3 Å². The third-order valence-electron chi connectivity index (χ3n) is 5.73. The highest BCUT2D eigenvalue weighted by Gasteiger charge is 2.22. The van der Waals surface area contributed by atoms with Gasteiger partial charge in [-0.1, -0.05) is 63.2 Å². The second-order valence-electron chi connectivity index (χ2n) is 9.39. The topological polar surface area (TPSA) is 74.3 Å². The van der Waals surface area contributed by atoms with Gasteiger partial charge < -0.3 is 10.6 Å². The van der Waals surface area contributed by atoms with Crippen molar-refractivity contribution in [2.45, 2.75) is 45.7 Å². The van der Waals surface area contributed by atoms with Gasteiger partial charge in [-0.05, 0) is 28.7 Å². The van der Waals surface area contributed by atoms with Gasteiger partial charge in [-0.15, -0.1) is 11.3 Å². The predicted octanol–water partition coefficient (Wildman–Crippen LogP) is 4.37. The number of rotatable bonds is 6. The van der Waals surface area contributed by atoms with Crippen LogP contribution in [0.3, 0.4) is 0 Å². The van der Waals surface area contributed by atoms with Crippen LogP contribution in [0.25, 0.3) is 0 Å². The molecule has 0 radical (unpaired) electrons. The Morgan fingerprint density at radius 2 is 1.79 bits per heavy atom. The SMILES string of the molecule is CC(C)(C)c1ccc(C(=O)NCC(=O)Nc2nc3c(s2)CN(Cc2ccccc2)CC3)cc1. The number of amides is 2. The predicted molar refractivity (Wildman–Crippen MR) is 132 cm³/mol. The number of fused-ring (bicyclic) bond motifs is 1. The zero-order valence-electron chi connectivity index (χ0n) is 19.4. The largest absolute Gasteiger partial charge is 0.343 e. The van der Waals surface area contributed by atoms with E-state index < -0.39 is 0 Å². The van der Waals surface area contributed by atoms with Crippen molar-refractivity contribution in [3.8, 4) is 0 Å². The molecule has 0 spiro atoms. The van der Waals surface area contributed by atoms with Crippen LogP contribution in [0.1, 0.15) is 52.8 Å². The maximum atomic E-state index is 12.4. The number of benzene rings is 2. The maximum absolute atomic E-state index is 12.4. The van der Waals surface area contributed by atoms with Crippen molar-refractivity contribution < 1.29 is 9.59 Å². The molecule has 1 aliphatic heterocycles. The van der Waals surface area contributed by atoms with E-state index >= 15 is 0 Å². The summed E-state index contributed by atoms with van der Waals surface area (Å²) in [5, 5.41) is 6.12. The van der Waals surface area contributed by atoms with E-state index in [4.69, 9.17) is 0 Å². The van der Waals surface area contributed by atoms with Crippen molar-refractivity contribution in [1.82, 2.24) is 15.2 Å². The molecule has 1 aliphatic rings. The van der Waals surface area contributed by atoms with Crippen LogP contribution in [0.5, 0.6) is 0 Å². The fourth-order valence-corrected chi connectivity index (χ4v) is 4.89. The van der Waals surface area contributed by atoms with Crippen LogP contribution in [0, 0.1) is 0 Å². The van der Waals surface area contributed by atoms with Crippen LogP contribution in [-0.4, -0.2) is 34.8 Å². The molecule has 0 bridgehead atoms. The molecular weight excluding hydrogens is 432 g/mol. The first-order valence-electron chi connectivity index (χ1n) is 11.2. The molecule has 2 amide bonds. The van der Waals surface area contributed by atoms with E-state index in [1.807, 2.05) is 18.2 Å². The summed E-state index contributed by atoms with van der Waals surface area (Å²) in [6.07, 6.45) is 0.871. The highest BCUT2D eigenvalue weighted by molar-refractivity contribution is 7.15. The van der Waals surface area contributed by atoms with E-state index in [1.165, 1.54) is 21.8 Å². The van der Waals surface area contributed by atoms with E-state index in [9.17, 15) is 9.59 Å². The lowest BCUT2D eigenvalue weighted by atomic mass is 9.87. The van der Waals surface area contributed by atoms with Crippen molar-refractivity contribution in [2.24, 2.45) is 0 Å². The second-order valence-corrected chi connectivity index (χ2v) is 10.5. The zero-order valence-corrected chi connectivity index (χ0v) is 20.2. The minimum atomic E-state index is -0.276. The summed E-state index contributed by atoms with van der Waals surface area (Å²) in [7, 11) is 0. The van der Waals surface area contributed by atoms with Gasteiger partial charge in [0.25, 0.3) is 5.91 Å². The quantitative estimate of drug-likeness (QED) is 0.571. The number of hydrogen-bond donors (Lipinski definition) is 2. The van der Waals surface area contributed by atoms with Crippen molar-refractivity contribution in [1.29, 1.82) is 0 Å². The fourth-order valence-electron chi connectivity index (χ4n) is 3.83. The average Bonchev–Trinajstić information content (AvgIpc) is 3.19. The lowest BCUT2D eigenvalue weighted by Gasteiger charge is -2.25. The summed E-state index contributed by atoms with van der Waals surface area (Å²) >= 11 is 1.52. The van der Waals surface area contributed by atoms with Gasteiger partial charge in [-0.25, -0.2) is 4.98 Å². The van der Waals surface area contributed by atoms with Gasteiger partial charge in [0, 0.05) is 36.5 Å². The number of carbonyl (C=O) groups is 2. The normalized spacial score (nSPS) is 13.9. The van der Waals surface area contributed by atoms with E-state index in [0.29, 0.717) is 10.7 Å². The van der Waals surface area contributed by atoms with E-state index in [1.54, 1.807) is 12.1 Å². The molecule has 33 heavy (non-hydrogen) atoms. The van der Waals surface area contributed by atoms with Crippen LogP contribution in [0.2, 0.25) is 0 Å². The molecule has 2 N–H and O–H groups in total. The second kappa shape index (κ2) is 9.85. The Kier molecular flexibility index (Phi) is 6.91. The summed E-state index contributed by atoms with van der Waals surface area (Å²) in [6.45, 7) is 8.98. The Bertz CT molecular complexity index is 1120. The first-order valence-corrected chi connectivity index (χ1v) is 12.0. The molecule has 0 atom stereocenters. The van der Waals surface area contributed by atoms with Gasteiger partial charge in [0.05, 0.1) is 12.2 Å². The van der Waals surface area contributed by atoms with Crippen molar-refractivity contribution in [2.75, 3.05) is 18.4 Å². The van der Waals surface area contributed by atoms with Gasteiger partial charge in [0.15, 0.2) is 5.13 Å². The molecule has 7 heteroatoms. The minimum absolute atomic E-state index is 0.0281. The Labute approximate surface area is 199 Å². The standard InChI is InChI=1S/C26H30N4O2S/c1-26(2,3)20-11-9-19(10-12-20)24(32)27-15-23(31)29-25-28-21-13-14-30(17-22(21)33-25)16-18-7-5-4-6-8-18/h4-12H,13-17H2,1-3H3,(H,27,32)(H,28,29,31). The lowest BCUT2D eigenvalue weighted by Crippen LogP contribution is -2.32. The number of hydrogen-bond acceptors (Lipinski definition) is 5. The Morgan fingerprint density at radius 1 is 1.06 bits per heavy atom. The Balaban J connectivity index is 1.28. The third kappa shape index (κ3) is 6.06. The molecule has 0 fully saturated rings. The van der Waals surface area contributed by atoms with Crippen LogP contribution in [0.15, 0.2) is 54.6 Å². The monoisotopic (exact) mass is 462 g/mol. The molecule has 4 rings (SSSR count). The van der Waals surface area contributed by atoms with Crippen LogP contribution in [-0.2, 0) is 29.7 Å². The van der Waals surface area contributed by atoms with Gasteiger partial charge in [0.1, 0.15) is 0 Å². The third-order valence-corrected chi connectivity index (χ3v) is 6.73. The summed E-state index contributed by atoms with van der Waals surface area (Å²) in [6, 6.07) is 17.9. The van der Waals surface area contributed by atoms with Gasteiger partial charge in [-0.3, -0.25) is 14.5 Å². The van der Waals surface area contributed by atoms with Crippen molar-refractivity contribution in [3.05, 3.63) is 81.9 Å². The molecule has 0 unspecified atom stereocenters. The lowest BCUT2D eigenvalue weighted by molar-refractivity contribution is -0.115. The van der Waals surface area contributed by atoms with Gasteiger partial charge in [-0.2, -0.15) is 0 Å². The summed E-state index contributed by atoms with van der Waals surface area (Å²) in [4.78, 5) is 33.0. The van der Waals surface area contributed by atoms with Crippen LogP contribution in [0.4, 0.5) is 5.13 Å². The smallest absolute Gasteiger partial charge is 0.251 e. The van der Waals surface area contributed by atoms with Gasteiger partial charge in [0.2, 0.25) is 5.91 Å². The minimum Gasteiger partial charge on any atom is -0.343 e. The summed E-state index contributed by atoms with van der Waals surface area (Å²) < 4.78 is 0. The zero-order chi connectivity index (χ0) is 23.4. The van der Waals surface area contributed by atoms with Crippen LogP contribution < -0.4 is 10.6 Å². The molecule has 3 aromatic rings. The molecule has 0 saturated heterocycles. The Morgan fingerprint density at radius 3 is 2.48 bits per heavy atom. The van der Waals surface area contributed by atoms with E-state index in [-0.39, 0.29) is 23.8 Å². The number of nitrogens with one attached hydrogen (secondary N) is 2. The average molecular weight is 463 g/mol. The molecule has 1 aromatic heterocycles. The fraction of sp³-hybridized carbons (Fsp3) is 0.346. The maximum Gasteiger partial charge on any atom is 0.251 e. The number of nitrogens with zero attached hydrogens (tertiary/aromatic N) is 2. The Hall–Kier alpha value is -3.03. The van der Waals surface area contributed by atoms with Crippen molar-refractivity contribution >= 4 is 28.3 Å². The summed E-state index contributed by atoms with van der Waals surface area (Å²) in [5.74, 6) is -0.539. The van der Waals surface area contributed by atoms with E-state index in [2.05, 4.69) is 65.6 Å². The first-order chi connectivity index (χ1) is 15.8. The molecular formula is C26H30N4O2S. The molecule has 172 valence electrons. The molecule has 0 aliphatic carbocycles. The highest BCUT2D eigenvalue weighted by atomic mass is 32.1. The van der Waals surface area contributed by atoms with Crippen LogP contribution >= 0.6 is 11.3 Å². The summed E-state index contributed by atoms with van der Waals surface area (Å²) in [5.41, 5.74) is 4.08. The van der Waals surface area contributed by atoms with Crippen molar-refractivity contribution in [3.63, 3.8) is 0 Å². The number of carbonyl (C=O) groups excluding carboxylic acids is 2. The molecule has 6 nitrogen and oxygen atoms in total. The highest BCUT2D eigenvalue weighted by Crippen LogP contribution is 2.29. The number of anilines is 1. The number of thiazole rings is 1. The number of aromatic nitrogens is 1. The molecule has 0 saturated carbocycles. The molecule has 2 aromatic carbocycles. The molecule has 2 heterocycles. The first kappa shape index (κ1) is 23.1. The van der Waals surface area contributed by atoms with Gasteiger partial charge >= 0.3 is 0 Å².